The monoisotopic (exact) mass is 615 g/mol. The maximum atomic E-state index is 14.2. The number of fused-ring (bicyclic) bond motifs is 1. The quantitative estimate of drug-likeness (QED) is 0.210. The third-order valence-corrected chi connectivity index (χ3v) is 7.30. The fourth-order valence-corrected chi connectivity index (χ4v) is 5.31. The molecular formula is C33H32KN6O4. The van der Waals surface area contributed by atoms with Gasteiger partial charge in [0.15, 0.2) is 5.82 Å². The molecule has 3 aromatic carbocycles. The molecular weight excluding hydrogens is 583 g/mol. The Morgan fingerprint density at radius 3 is 2.34 bits per heavy atom. The van der Waals surface area contributed by atoms with E-state index in [0.717, 1.165) is 46.5 Å². The Bertz CT molecular complexity index is 1990. The largest absolute Gasteiger partial charge is 0.491 e. The molecule has 1 N–H and O–H groups in total. The van der Waals surface area contributed by atoms with Crippen LogP contribution in [0.15, 0.2) is 93.2 Å². The van der Waals surface area contributed by atoms with Crippen LogP contribution in [0.3, 0.4) is 0 Å². The maximum absolute atomic E-state index is 14.2. The molecule has 0 unspecified atom stereocenters. The Hall–Kier alpha value is -3.61. The van der Waals surface area contributed by atoms with Crippen LogP contribution in [0, 0.1) is 0 Å². The van der Waals surface area contributed by atoms with Gasteiger partial charge in [-0.3, -0.25) is 14.3 Å². The number of hydrogen-bond acceptors (Lipinski definition) is 7. The molecule has 1 radical (unpaired) electrons. The smallest absolute Gasteiger partial charge is 0.439 e. The molecule has 10 nitrogen and oxygen atoms in total. The van der Waals surface area contributed by atoms with Crippen LogP contribution in [-0.2, 0) is 12.8 Å². The molecule has 6 rings (SSSR count). The van der Waals surface area contributed by atoms with Gasteiger partial charge in [0.25, 0.3) is 5.56 Å². The van der Waals surface area contributed by atoms with Gasteiger partial charge in [0, 0.05) is 68.9 Å². The van der Waals surface area contributed by atoms with Gasteiger partial charge in [0.05, 0.1) is 17.5 Å². The third kappa shape index (κ3) is 6.57. The minimum absolute atomic E-state index is 0. The number of aromatic nitrogens is 6. The summed E-state index contributed by atoms with van der Waals surface area (Å²) in [6.07, 6.45) is 4.60. The number of benzene rings is 3. The summed E-state index contributed by atoms with van der Waals surface area (Å²) in [6, 6.07) is 23.2. The average Bonchev–Trinajstić information content (AvgIpc) is 3.67. The summed E-state index contributed by atoms with van der Waals surface area (Å²) in [7, 11) is 0. The van der Waals surface area contributed by atoms with Gasteiger partial charge in [-0.15, -0.1) is 0 Å². The maximum Gasteiger partial charge on any atom is 0.439 e. The fraction of sp³-hybridized carbons (Fsp3) is 0.242. The zero-order valence-corrected chi connectivity index (χ0v) is 28.4. The van der Waals surface area contributed by atoms with E-state index in [0.29, 0.717) is 35.7 Å². The Morgan fingerprint density at radius 1 is 0.955 bits per heavy atom. The van der Waals surface area contributed by atoms with Gasteiger partial charge in [-0.05, 0) is 67.6 Å². The molecule has 0 aliphatic heterocycles. The molecule has 3 aromatic heterocycles. The van der Waals surface area contributed by atoms with Crippen molar-refractivity contribution in [1.29, 1.82) is 0 Å². The van der Waals surface area contributed by atoms with Crippen LogP contribution >= 0.6 is 0 Å². The van der Waals surface area contributed by atoms with E-state index in [1.54, 1.807) is 9.08 Å². The Kier molecular flexibility index (Phi) is 10.1. The van der Waals surface area contributed by atoms with E-state index in [-0.39, 0.29) is 63.0 Å². The van der Waals surface area contributed by atoms with Crippen molar-refractivity contribution in [3.63, 3.8) is 0 Å². The number of nitrogens with one attached hydrogen (secondary N) is 1. The second kappa shape index (κ2) is 14.0. The molecule has 11 heteroatoms. The zero-order valence-electron chi connectivity index (χ0n) is 25.3. The van der Waals surface area contributed by atoms with Crippen LogP contribution in [-0.4, -0.2) is 86.8 Å². The van der Waals surface area contributed by atoms with E-state index >= 15 is 0 Å². The van der Waals surface area contributed by atoms with E-state index in [1.165, 1.54) is 6.33 Å². The van der Waals surface area contributed by atoms with Crippen molar-refractivity contribution in [2.45, 2.75) is 52.6 Å². The van der Waals surface area contributed by atoms with Crippen molar-refractivity contribution in [3.05, 3.63) is 117 Å². The summed E-state index contributed by atoms with van der Waals surface area (Å²) in [5.41, 5.74) is 5.72. The second-order valence-electron chi connectivity index (χ2n) is 10.7. The summed E-state index contributed by atoms with van der Waals surface area (Å²) in [5.74, 6) is 0.987. The standard InChI is InChI=1S/C33H32N6O4.K/c1-4-5-10-29-28(31(40)38(32-34-20-35-39(29)32)24-15-17-25(18-16-24)42-21(2)3)19-22-11-13-23(14-12-22)26-8-6-7-9-27(26)30-36-33(41)43-37-30;/h6-9,11-18,20-21H,4-5,10,19H2,1-3H3,(H,36,37,41);. The van der Waals surface area contributed by atoms with E-state index in [9.17, 15) is 9.59 Å². The molecule has 219 valence electrons. The van der Waals surface area contributed by atoms with E-state index < -0.39 is 5.76 Å². The number of nitrogens with zero attached hydrogens (tertiary/aromatic N) is 5. The molecule has 0 saturated carbocycles. The fourth-order valence-electron chi connectivity index (χ4n) is 5.31. The number of rotatable bonds is 10. The number of aryl methyl sites for hydroxylation is 1. The summed E-state index contributed by atoms with van der Waals surface area (Å²) in [5, 5.41) is 8.39. The first-order valence-electron chi connectivity index (χ1n) is 14.4. The molecule has 3 heterocycles. The summed E-state index contributed by atoms with van der Waals surface area (Å²) >= 11 is 0. The molecule has 0 atom stereocenters. The van der Waals surface area contributed by atoms with Crippen LogP contribution in [0.5, 0.6) is 5.75 Å². The van der Waals surface area contributed by atoms with Crippen molar-refractivity contribution in [1.82, 2.24) is 29.3 Å². The Labute approximate surface area is 296 Å². The molecule has 0 aliphatic rings. The van der Waals surface area contributed by atoms with Gasteiger partial charge < -0.3 is 4.74 Å². The van der Waals surface area contributed by atoms with Gasteiger partial charge in [-0.1, -0.05) is 67.0 Å². The molecule has 0 aliphatic carbocycles. The summed E-state index contributed by atoms with van der Waals surface area (Å²) in [4.78, 5) is 32.9. The predicted octanol–water partition coefficient (Wildman–Crippen LogP) is 5.23. The van der Waals surface area contributed by atoms with E-state index in [2.05, 4.69) is 27.1 Å². The topological polar surface area (TPSA) is 120 Å². The van der Waals surface area contributed by atoms with Gasteiger partial charge in [0.2, 0.25) is 5.78 Å². The minimum Gasteiger partial charge on any atom is -0.491 e. The predicted molar refractivity (Wildman–Crippen MR) is 170 cm³/mol. The third-order valence-electron chi connectivity index (χ3n) is 7.30. The summed E-state index contributed by atoms with van der Waals surface area (Å²) in [6.45, 7) is 6.08. The molecule has 6 aromatic rings. The molecule has 0 saturated heterocycles. The van der Waals surface area contributed by atoms with Crippen molar-refractivity contribution in [3.8, 4) is 34.0 Å². The number of ether oxygens (including phenoxy) is 1. The van der Waals surface area contributed by atoms with Crippen LogP contribution in [0.4, 0.5) is 0 Å². The first kappa shape index (κ1) is 31.8. The first-order valence-corrected chi connectivity index (χ1v) is 14.4. The first-order chi connectivity index (χ1) is 20.9. The SMILES string of the molecule is CCCCc1c(Cc2ccc(-c3ccccc3-c3noc(=O)[nH]3)cc2)c(=O)n(-c2ccc(OC(C)C)cc2)c2ncnn12.[K]. The van der Waals surface area contributed by atoms with E-state index in [1.807, 2.05) is 86.6 Å². The van der Waals surface area contributed by atoms with Crippen LogP contribution < -0.4 is 16.1 Å². The molecule has 0 fully saturated rings. The summed E-state index contributed by atoms with van der Waals surface area (Å²) < 4.78 is 14.0. The molecule has 0 bridgehead atoms. The number of unbranched alkanes of at least 4 members (excludes halogenated alkanes) is 1. The van der Waals surface area contributed by atoms with Crippen molar-refractivity contribution in [2.75, 3.05) is 0 Å². The van der Waals surface area contributed by atoms with Crippen LogP contribution in [0.1, 0.15) is 50.4 Å². The van der Waals surface area contributed by atoms with Crippen molar-refractivity contribution < 1.29 is 9.26 Å². The van der Waals surface area contributed by atoms with Gasteiger partial charge in [0.1, 0.15) is 12.1 Å². The zero-order chi connectivity index (χ0) is 29.9. The van der Waals surface area contributed by atoms with Gasteiger partial charge in [-0.25, -0.2) is 13.9 Å². The van der Waals surface area contributed by atoms with Crippen LogP contribution in [0.25, 0.3) is 34.0 Å². The van der Waals surface area contributed by atoms with Crippen molar-refractivity contribution in [2.24, 2.45) is 0 Å². The molecule has 0 spiro atoms. The average molecular weight is 616 g/mol. The molecule has 0 amide bonds. The van der Waals surface area contributed by atoms with Crippen molar-refractivity contribution >= 4 is 57.2 Å². The Morgan fingerprint density at radius 2 is 1.68 bits per heavy atom. The van der Waals surface area contributed by atoms with Gasteiger partial charge >= 0.3 is 5.76 Å². The number of hydrogen-bond donors (Lipinski definition) is 1. The normalized spacial score (nSPS) is 11.2. The Balaban J connectivity index is 0.00000384. The number of aromatic amines is 1. The number of H-pyrrole nitrogens is 1. The van der Waals surface area contributed by atoms with Crippen LogP contribution in [0.2, 0.25) is 0 Å². The minimum atomic E-state index is -0.603. The second-order valence-corrected chi connectivity index (χ2v) is 10.7. The van der Waals surface area contributed by atoms with E-state index in [4.69, 9.17) is 9.26 Å². The van der Waals surface area contributed by atoms with Gasteiger partial charge in [-0.2, -0.15) is 10.1 Å². The molecule has 44 heavy (non-hydrogen) atoms.